The highest BCUT2D eigenvalue weighted by Gasteiger charge is 2.18. The molecule has 136 valence electrons. The number of morpholine rings is 1. The Morgan fingerprint density at radius 3 is 2.69 bits per heavy atom. The molecule has 0 saturated carbocycles. The average molecular weight is 353 g/mol. The Morgan fingerprint density at radius 2 is 1.96 bits per heavy atom. The van der Waals surface area contributed by atoms with Crippen molar-refractivity contribution in [1.82, 2.24) is 15.0 Å². The molecule has 4 rings (SSSR count). The summed E-state index contributed by atoms with van der Waals surface area (Å²) in [5, 5.41) is 4.46. The zero-order valence-electron chi connectivity index (χ0n) is 15.3. The number of rotatable bonds is 4. The summed E-state index contributed by atoms with van der Waals surface area (Å²) in [6.07, 6.45) is 0. The van der Waals surface area contributed by atoms with Crippen LogP contribution in [0.2, 0.25) is 0 Å². The molecule has 0 spiro atoms. The monoisotopic (exact) mass is 353 g/mol. The number of anilines is 3. The van der Waals surface area contributed by atoms with Gasteiger partial charge in [0, 0.05) is 24.5 Å². The second-order valence-electron chi connectivity index (χ2n) is 6.49. The van der Waals surface area contributed by atoms with Crippen LogP contribution in [0.25, 0.3) is 11.0 Å². The number of ether oxygens (including phenoxy) is 2. The van der Waals surface area contributed by atoms with E-state index in [4.69, 9.17) is 19.4 Å². The second kappa shape index (κ2) is 6.84. The minimum atomic E-state index is 0.700. The quantitative estimate of drug-likeness (QED) is 0.750. The molecule has 0 atom stereocenters. The smallest absolute Gasteiger partial charge is 0.229 e. The Kier molecular flexibility index (Phi) is 4.38. The van der Waals surface area contributed by atoms with Gasteiger partial charge in [-0.3, -0.25) is 0 Å². The number of H-pyrrole nitrogens is 1. The number of benzene rings is 1. The Hall–Kier alpha value is -2.80. The number of hydrogen-bond donors (Lipinski definition) is 2. The van der Waals surface area contributed by atoms with Crippen molar-refractivity contribution in [2.75, 3.05) is 43.6 Å². The predicted octanol–water partition coefficient (Wildman–Crippen LogP) is 3.16. The molecular weight excluding hydrogens is 330 g/mol. The number of hydrogen-bond acceptors (Lipinski definition) is 6. The summed E-state index contributed by atoms with van der Waals surface area (Å²) < 4.78 is 10.7. The maximum atomic E-state index is 5.44. The van der Waals surface area contributed by atoms with Gasteiger partial charge in [-0.1, -0.05) is 0 Å². The van der Waals surface area contributed by atoms with Crippen molar-refractivity contribution in [3.8, 4) is 5.75 Å². The van der Waals surface area contributed by atoms with E-state index in [-0.39, 0.29) is 0 Å². The maximum absolute atomic E-state index is 5.44. The van der Waals surface area contributed by atoms with E-state index in [2.05, 4.69) is 28.2 Å². The van der Waals surface area contributed by atoms with E-state index < -0.39 is 0 Å². The van der Waals surface area contributed by atoms with Crippen molar-refractivity contribution in [3.05, 3.63) is 35.5 Å². The molecule has 2 aromatic heterocycles. The molecule has 2 N–H and O–H groups in total. The standard InChI is InChI=1S/C19H23N5O2/c1-12-10-14(25-3)4-5-16(12)21-18-15-11-13(2)20-17(15)22-19(23-18)24-6-8-26-9-7-24/h4-5,10-11H,6-9H2,1-3H3,(H2,20,21,22,23). The number of nitrogens with zero attached hydrogens (tertiary/aromatic N) is 3. The van der Waals surface area contributed by atoms with Crippen molar-refractivity contribution in [2.45, 2.75) is 13.8 Å². The third-order valence-electron chi connectivity index (χ3n) is 4.59. The van der Waals surface area contributed by atoms with Gasteiger partial charge in [0.1, 0.15) is 17.2 Å². The van der Waals surface area contributed by atoms with Crippen molar-refractivity contribution in [3.63, 3.8) is 0 Å². The molecule has 0 bridgehead atoms. The van der Waals surface area contributed by atoms with Crippen LogP contribution in [0.4, 0.5) is 17.5 Å². The molecule has 26 heavy (non-hydrogen) atoms. The van der Waals surface area contributed by atoms with E-state index in [1.54, 1.807) is 7.11 Å². The third kappa shape index (κ3) is 3.17. The normalized spacial score (nSPS) is 14.7. The Bertz CT molecular complexity index is 931. The first-order valence-electron chi connectivity index (χ1n) is 8.76. The molecule has 1 aromatic carbocycles. The van der Waals surface area contributed by atoms with Gasteiger partial charge in [0.2, 0.25) is 5.95 Å². The van der Waals surface area contributed by atoms with Crippen LogP contribution in [0, 0.1) is 13.8 Å². The van der Waals surface area contributed by atoms with Crippen LogP contribution >= 0.6 is 0 Å². The van der Waals surface area contributed by atoms with Crippen LogP contribution in [-0.2, 0) is 4.74 Å². The molecule has 3 aromatic rings. The summed E-state index contributed by atoms with van der Waals surface area (Å²) in [6, 6.07) is 8.03. The molecule has 1 aliphatic heterocycles. The first kappa shape index (κ1) is 16.7. The SMILES string of the molecule is COc1ccc(Nc2nc(N3CCOCC3)nc3[nH]c(C)cc23)c(C)c1. The highest BCUT2D eigenvalue weighted by Crippen LogP contribution is 2.30. The predicted molar refractivity (Wildman–Crippen MR) is 103 cm³/mol. The van der Waals surface area contributed by atoms with Crippen molar-refractivity contribution in [1.29, 1.82) is 0 Å². The Labute approximate surface area is 152 Å². The van der Waals surface area contributed by atoms with E-state index in [0.29, 0.717) is 13.2 Å². The average Bonchev–Trinajstić information content (AvgIpc) is 3.04. The molecule has 3 heterocycles. The number of aryl methyl sites for hydroxylation is 2. The fourth-order valence-corrected chi connectivity index (χ4v) is 3.16. The maximum Gasteiger partial charge on any atom is 0.229 e. The summed E-state index contributed by atoms with van der Waals surface area (Å²) in [5.74, 6) is 2.36. The van der Waals surface area contributed by atoms with Crippen molar-refractivity contribution in [2.24, 2.45) is 0 Å². The van der Waals surface area contributed by atoms with E-state index >= 15 is 0 Å². The Morgan fingerprint density at radius 1 is 1.15 bits per heavy atom. The number of nitrogens with one attached hydrogen (secondary N) is 2. The largest absolute Gasteiger partial charge is 0.497 e. The van der Waals surface area contributed by atoms with Crippen LogP contribution in [0.15, 0.2) is 24.3 Å². The number of methoxy groups -OCH3 is 1. The summed E-state index contributed by atoms with van der Waals surface area (Å²) in [5.41, 5.74) is 3.99. The molecule has 0 amide bonds. The number of fused-ring (bicyclic) bond motifs is 1. The van der Waals surface area contributed by atoms with E-state index in [0.717, 1.165) is 58.6 Å². The fourth-order valence-electron chi connectivity index (χ4n) is 3.16. The second-order valence-corrected chi connectivity index (χ2v) is 6.49. The van der Waals surface area contributed by atoms with Gasteiger partial charge in [0.15, 0.2) is 0 Å². The van der Waals surface area contributed by atoms with Gasteiger partial charge in [0.05, 0.1) is 25.7 Å². The van der Waals surface area contributed by atoms with E-state index in [1.165, 1.54) is 0 Å². The van der Waals surface area contributed by atoms with Crippen LogP contribution in [-0.4, -0.2) is 48.4 Å². The van der Waals surface area contributed by atoms with Gasteiger partial charge in [-0.2, -0.15) is 9.97 Å². The van der Waals surface area contributed by atoms with Crippen LogP contribution in [0.3, 0.4) is 0 Å². The molecule has 7 nitrogen and oxygen atoms in total. The summed E-state index contributed by atoms with van der Waals surface area (Å²) in [4.78, 5) is 15.0. The van der Waals surface area contributed by atoms with E-state index in [1.807, 2.05) is 25.1 Å². The first-order valence-corrected chi connectivity index (χ1v) is 8.76. The topological polar surface area (TPSA) is 75.3 Å². The molecule has 1 saturated heterocycles. The first-order chi connectivity index (χ1) is 12.6. The van der Waals surface area contributed by atoms with Crippen LogP contribution in [0.1, 0.15) is 11.3 Å². The lowest BCUT2D eigenvalue weighted by molar-refractivity contribution is 0.122. The highest BCUT2D eigenvalue weighted by atomic mass is 16.5. The molecule has 0 aliphatic carbocycles. The van der Waals surface area contributed by atoms with Gasteiger partial charge < -0.3 is 24.7 Å². The van der Waals surface area contributed by atoms with Crippen LogP contribution in [0.5, 0.6) is 5.75 Å². The third-order valence-corrected chi connectivity index (χ3v) is 4.59. The summed E-state index contributed by atoms with van der Waals surface area (Å²) in [7, 11) is 1.67. The van der Waals surface area contributed by atoms with Gasteiger partial charge in [-0.05, 0) is 43.7 Å². The molecule has 7 heteroatoms. The fraction of sp³-hybridized carbons (Fsp3) is 0.368. The lowest BCUT2D eigenvalue weighted by Gasteiger charge is -2.27. The minimum Gasteiger partial charge on any atom is -0.497 e. The molecular formula is C19H23N5O2. The zero-order valence-corrected chi connectivity index (χ0v) is 15.3. The van der Waals surface area contributed by atoms with Gasteiger partial charge in [-0.15, -0.1) is 0 Å². The van der Waals surface area contributed by atoms with Crippen LogP contribution < -0.4 is 15.0 Å². The lowest BCUT2D eigenvalue weighted by atomic mass is 10.2. The Balaban J connectivity index is 1.75. The van der Waals surface area contributed by atoms with Crippen molar-refractivity contribution >= 4 is 28.5 Å². The molecule has 1 aliphatic rings. The summed E-state index contributed by atoms with van der Waals surface area (Å²) >= 11 is 0. The lowest BCUT2D eigenvalue weighted by Crippen LogP contribution is -2.37. The van der Waals surface area contributed by atoms with Gasteiger partial charge >= 0.3 is 0 Å². The van der Waals surface area contributed by atoms with Gasteiger partial charge in [0.25, 0.3) is 0 Å². The van der Waals surface area contributed by atoms with Crippen molar-refractivity contribution < 1.29 is 9.47 Å². The zero-order chi connectivity index (χ0) is 18.1. The molecule has 0 radical (unpaired) electrons. The minimum absolute atomic E-state index is 0.700. The summed E-state index contributed by atoms with van der Waals surface area (Å²) in [6.45, 7) is 7.07. The number of aromatic nitrogens is 3. The highest BCUT2D eigenvalue weighted by molar-refractivity contribution is 5.91. The number of aromatic amines is 1. The molecule has 0 unspecified atom stereocenters. The van der Waals surface area contributed by atoms with Gasteiger partial charge in [-0.25, -0.2) is 0 Å². The van der Waals surface area contributed by atoms with E-state index in [9.17, 15) is 0 Å². The molecule has 1 fully saturated rings.